The average Bonchev–Trinajstić information content (AvgIpc) is 3.09. The van der Waals surface area contributed by atoms with E-state index >= 15 is 0 Å². The van der Waals surface area contributed by atoms with E-state index in [9.17, 15) is 9.59 Å². The Morgan fingerprint density at radius 3 is 3.04 bits per heavy atom. The molecule has 0 saturated carbocycles. The predicted octanol–water partition coefficient (Wildman–Crippen LogP) is 0.374. The highest BCUT2D eigenvalue weighted by molar-refractivity contribution is 5.79. The molecule has 2 aromatic rings. The van der Waals surface area contributed by atoms with Crippen molar-refractivity contribution in [2.75, 3.05) is 6.79 Å². The second kappa shape index (κ2) is 6.27. The van der Waals surface area contributed by atoms with Gasteiger partial charge in [0.2, 0.25) is 12.7 Å². The molecule has 2 aliphatic heterocycles. The molecule has 4 rings (SSSR count). The first kappa shape index (κ1) is 15.7. The smallest absolute Gasteiger partial charge is 0.345 e. The van der Waals surface area contributed by atoms with E-state index in [0.717, 1.165) is 24.2 Å². The van der Waals surface area contributed by atoms with Gasteiger partial charge in [-0.25, -0.2) is 9.48 Å². The number of amides is 1. The third-order valence-corrected chi connectivity index (χ3v) is 4.67. The predicted molar refractivity (Wildman–Crippen MR) is 88.6 cm³/mol. The highest BCUT2D eigenvalue weighted by Crippen LogP contribution is 2.32. The normalized spacial score (nSPS) is 18.5. The van der Waals surface area contributed by atoms with Gasteiger partial charge in [0.1, 0.15) is 5.82 Å². The summed E-state index contributed by atoms with van der Waals surface area (Å²) in [7, 11) is 1.66. The summed E-state index contributed by atoms with van der Waals surface area (Å²) in [4.78, 5) is 24.3. The Morgan fingerprint density at radius 2 is 2.16 bits per heavy atom. The zero-order valence-corrected chi connectivity index (χ0v) is 14.0. The molecule has 1 aromatic carbocycles. The number of carbonyl (C=O) groups is 1. The van der Waals surface area contributed by atoms with Gasteiger partial charge in [-0.2, -0.15) is 5.10 Å². The van der Waals surface area contributed by atoms with Crippen LogP contribution in [0.15, 0.2) is 23.0 Å². The van der Waals surface area contributed by atoms with E-state index < -0.39 is 0 Å². The number of aryl methyl sites for hydroxylation is 2. The summed E-state index contributed by atoms with van der Waals surface area (Å²) < 4.78 is 13.7. The van der Waals surface area contributed by atoms with Crippen LogP contribution in [0.3, 0.4) is 0 Å². The zero-order valence-electron chi connectivity index (χ0n) is 14.0. The number of nitrogens with zero attached hydrogens (tertiary/aromatic N) is 3. The Bertz CT molecular complexity index is 870. The molecule has 0 aliphatic carbocycles. The van der Waals surface area contributed by atoms with E-state index in [1.165, 1.54) is 4.68 Å². The van der Waals surface area contributed by atoms with Gasteiger partial charge in [-0.1, -0.05) is 6.07 Å². The van der Waals surface area contributed by atoms with Gasteiger partial charge >= 0.3 is 5.69 Å². The van der Waals surface area contributed by atoms with Crippen molar-refractivity contribution >= 4 is 5.91 Å². The molecule has 0 fully saturated rings. The van der Waals surface area contributed by atoms with Crippen molar-refractivity contribution in [2.45, 2.75) is 38.3 Å². The largest absolute Gasteiger partial charge is 0.454 e. The van der Waals surface area contributed by atoms with E-state index in [1.807, 2.05) is 18.2 Å². The van der Waals surface area contributed by atoms with Crippen LogP contribution in [0.2, 0.25) is 0 Å². The van der Waals surface area contributed by atoms with Crippen molar-refractivity contribution in [3.05, 3.63) is 40.1 Å². The van der Waals surface area contributed by atoms with Crippen LogP contribution in [0.1, 0.15) is 24.2 Å². The molecule has 1 amide bonds. The van der Waals surface area contributed by atoms with Crippen molar-refractivity contribution in [3.8, 4) is 11.5 Å². The first-order valence-electron chi connectivity index (χ1n) is 8.41. The molecule has 3 heterocycles. The molecule has 1 unspecified atom stereocenters. The summed E-state index contributed by atoms with van der Waals surface area (Å²) in [6.45, 7) is 0.804. The lowest BCUT2D eigenvalue weighted by molar-refractivity contribution is -0.121. The highest BCUT2D eigenvalue weighted by Gasteiger charge is 2.21. The van der Waals surface area contributed by atoms with Crippen molar-refractivity contribution in [1.82, 2.24) is 19.7 Å². The maximum atomic E-state index is 12.4. The number of rotatable bonds is 3. The molecule has 0 radical (unpaired) electrons. The maximum Gasteiger partial charge on any atom is 0.345 e. The van der Waals surface area contributed by atoms with Crippen LogP contribution in [0, 0.1) is 0 Å². The Morgan fingerprint density at radius 1 is 1.32 bits per heavy atom. The molecule has 0 bridgehead atoms. The van der Waals surface area contributed by atoms with Crippen molar-refractivity contribution in [3.63, 3.8) is 0 Å². The van der Waals surface area contributed by atoms with Crippen LogP contribution >= 0.6 is 0 Å². The minimum Gasteiger partial charge on any atom is -0.454 e. The maximum absolute atomic E-state index is 12.4. The number of aromatic nitrogens is 3. The van der Waals surface area contributed by atoms with Crippen LogP contribution in [-0.2, 0) is 31.2 Å². The quantitative estimate of drug-likeness (QED) is 0.869. The molecule has 1 aromatic heterocycles. The number of fused-ring (bicyclic) bond motifs is 2. The molecule has 8 heteroatoms. The summed E-state index contributed by atoms with van der Waals surface area (Å²) in [6.07, 6.45) is 2.49. The van der Waals surface area contributed by atoms with Gasteiger partial charge in [0.15, 0.2) is 11.5 Å². The molecule has 25 heavy (non-hydrogen) atoms. The topological polar surface area (TPSA) is 87.4 Å². The van der Waals surface area contributed by atoms with Crippen LogP contribution in [-0.4, -0.2) is 33.1 Å². The second-order valence-corrected chi connectivity index (χ2v) is 6.43. The zero-order chi connectivity index (χ0) is 17.4. The van der Waals surface area contributed by atoms with Gasteiger partial charge in [0, 0.05) is 26.1 Å². The molecule has 0 spiro atoms. The lowest BCUT2D eigenvalue weighted by Gasteiger charge is -2.16. The lowest BCUT2D eigenvalue weighted by Crippen LogP contribution is -2.36. The minimum atomic E-state index is -0.0951. The SMILES string of the molecule is Cn1nc2n(c1=O)CCC(NC(=O)Cc1ccc3c(c1)OCO3)CC2. The summed E-state index contributed by atoms with van der Waals surface area (Å²) in [5, 5.41) is 7.33. The first-order chi connectivity index (χ1) is 12.1. The molecule has 0 saturated heterocycles. The number of hydrogen-bond acceptors (Lipinski definition) is 5. The summed E-state index contributed by atoms with van der Waals surface area (Å²) in [5.74, 6) is 2.15. The number of nitrogens with one attached hydrogen (secondary N) is 1. The van der Waals surface area contributed by atoms with Crippen LogP contribution in [0.5, 0.6) is 11.5 Å². The van der Waals surface area contributed by atoms with Gasteiger partial charge in [-0.15, -0.1) is 0 Å². The summed E-state index contributed by atoms with van der Waals surface area (Å²) >= 11 is 0. The van der Waals surface area contributed by atoms with Crippen LogP contribution in [0.4, 0.5) is 0 Å². The third kappa shape index (κ3) is 3.11. The summed E-state index contributed by atoms with van der Waals surface area (Å²) in [5.41, 5.74) is 0.791. The number of ether oxygens (including phenoxy) is 2. The summed E-state index contributed by atoms with van der Waals surface area (Å²) in [6, 6.07) is 5.59. The monoisotopic (exact) mass is 344 g/mol. The fourth-order valence-corrected chi connectivity index (χ4v) is 3.36. The van der Waals surface area contributed by atoms with E-state index in [0.29, 0.717) is 30.9 Å². The van der Waals surface area contributed by atoms with Crippen molar-refractivity contribution < 1.29 is 14.3 Å². The van der Waals surface area contributed by atoms with E-state index in [2.05, 4.69) is 10.4 Å². The molecular weight excluding hydrogens is 324 g/mol. The van der Waals surface area contributed by atoms with E-state index in [1.54, 1.807) is 11.6 Å². The van der Waals surface area contributed by atoms with Gasteiger partial charge in [-0.3, -0.25) is 9.36 Å². The van der Waals surface area contributed by atoms with E-state index in [-0.39, 0.29) is 24.4 Å². The van der Waals surface area contributed by atoms with Crippen molar-refractivity contribution in [1.29, 1.82) is 0 Å². The molecule has 2 aliphatic rings. The Balaban J connectivity index is 1.36. The first-order valence-corrected chi connectivity index (χ1v) is 8.41. The van der Waals surface area contributed by atoms with Gasteiger partial charge < -0.3 is 14.8 Å². The highest BCUT2D eigenvalue weighted by atomic mass is 16.7. The number of benzene rings is 1. The number of hydrogen-bond donors (Lipinski definition) is 1. The minimum absolute atomic E-state index is 0.0312. The van der Waals surface area contributed by atoms with Crippen molar-refractivity contribution in [2.24, 2.45) is 7.05 Å². The van der Waals surface area contributed by atoms with Gasteiger partial charge in [-0.05, 0) is 30.5 Å². The average molecular weight is 344 g/mol. The molecule has 8 nitrogen and oxygen atoms in total. The lowest BCUT2D eigenvalue weighted by atomic mass is 10.1. The Labute approximate surface area is 144 Å². The third-order valence-electron chi connectivity index (χ3n) is 4.67. The molecular formula is C17H20N4O4. The van der Waals surface area contributed by atoms with Crippen LogP contribution in [0.25, 0.3) is 0 Å². The molecule has 1 N–H and O–H groups in total. The molecule has 1 atom stereocenters. The number of carbonyl (C=O) groups excluding carboxylic acids is 1. The fourth-order valence-electron chi connectivity index (χ4n) is 3.36. The van der Waals surface area contributed by atoms with Crippen LogP contribution < -0.4 is 20.5 Å². The fraction of sp³-hybridized carbons (Fsp3) is 0.471. The van der Waals surface area contributed by atoms with Gasteiger partial charge in [0.25, 0.3) is 0 Å². The standard InChI is InChI=1S/C17H20N4O4/c1-20-17(23)21-7-6-12(3-5-15(21)19-20)18-16(22)9-11-2-4-13-14(8-11)25-10-24-13/h2,4,8,12H,3,5-7,9-10H2,1H3,(H,18,22). The second-order valence-electron chi connectivity index (χ2n) is 6.43. The van der Waals surface area contributed by atoms with E-state index in [4.69, 9.17) is 9.47 Å². The Kier molecular flexibility index (Phi) is 3.95. The van der Waals surface area contributed by atoms with Gasteiger partial charge in [0.05, 0.1) is 6.42 Å². The Hall–Kier alpha value is -2.77. The molecule has 132 valence electrons.